The van der Waals surface area contributed by atoms with Crippen LogP contribution in [0.4, 0.5) is 0 Å². The molecule has 0 aliphatic heterocycles. The van der Waals surface area contributed by atoms with Gasteiger partial charge < -0.3 is 16.2 Å². The second-order valence-electron chi connectivity index (χ2n) is 4.84. The highest BCUT2D eigenvalue weighted by Gasteiger charge is 2.18. The standard InChI is InChI=1S/C15H22N2O3/c1-2-12(10-14(18)19)17-15(20)13(16)9-8-11-6-4-3-5-7-11/h3-7,12-13H,2,8-10,16H2,1H3,(H,17,20)(H,18,19)/t12?,13-/m0/s1. The summed E-state index contributed by atoms with van der Waals surface area (Å²) < 4.78 is 0. The number of carboxylic acid groups (broad SMARTS) is 1. The van der Waals surface area contributed by atoms with E-state index in [9.17, 15) is 9.59 Å². The van der Waals surface area contributed by atoms with Crippen molar-refractivity contribution in [1.29, 1.82) is 0 Å². The number of hydrogen-bond donors (Lipinski definition) is 3. The van der Waals surface area contributed by atoms with E-state index in [0.717, 1.165) is 12.0 Å². The molecule has 0 aliphatic rings. The van der Waals surface area contributed by atoms with Crippen molar-refractivity contribution in [1.82, 2.24) is 5.32 Å². The van der Waals surface area contributed by atoms with E-state index in [-0.39, 0.29) is 18.4 Å². The summed E-state index contributed by atoms with van der Waals surface area (Å²) in [7, 11) is 0. The van der Waals surface area contributed by atoms with Crippen molar-refractivity contribution >= 4 is 11.9 Å². The van der Waals surface area contributed by atoms with E-state index < -0.39 is 12.0 Å². The van der Waals surface area contributed by atoms with E-state index in [4.69, 9.17) is 10.8 Å². The van der Waals surface area contributed by atoms with Gasteiger partial charge in [-0.15, -0.1) is 0 Å². The molecular formula is C15H22N2O3. The van der Waals surface area contributed by atoms with Crippen LogP contribution in [-0.4, -0.2) is 29.1 Å². The lowest BCUT2D eigenvalue weighted by atomic mass is 10.0. The molecule has 0 spiro atoms. The molecule has 2 atom stereocenters. The van der Waals surface area contributed by atoms with Crippen molar-refractivity contribution in [3.05, 3.63) is 35.9 Å². The maximum Gasteiger partial charge on any atom is 0.305 e. The number of amides is 1. The molecule has 0 aromatic heterocycles. The minimum absolute atomic E-state index is 0.0757. The highest BCUT2D eigenvalue weighted by atomic mass is 16.4. The third-order valence-electron chi connectivity index (χ3n) is 3.18. The van der Waals surface area contributed by atoms with E-state index in [1.807, 2.05) is 37.3 Å². The van der Waals surface area contributed by atoms with Crippen molar-refractivity contribution in [3.8, 4) is 0 Å². The number of rotatable bonds is 8. The summed E-state index contributed by atoms with van der Waals surface area (Å²) in [6.45, 7) is 1.84. The van der Waals surface area contributed by atoms with Crippen LogP contribution in [0.3, 0.4) is 0 Å². The van der Waals surface area contributed by atoms with Gasteiger partial charge in [-0.3, -0.25) is 9.59 Å². The van der Waals surface area contributed by atoms with Crippen LogP contribution in [0.2, 0.25) is 0 Å². The number of carbonyl (C=O) groups is 2. The first-order valence-corrected chi connectivity index (χ1v) is 6.84. The van der Waals surface area contributed by atoms with E-state index >= 15 is 0 Å². The predicted molar refractivity (Wildman–Crippen MR) is 77.2 cm³/mol. The van der Waals surface area contributed by atoms with Crippen LogP contribution in [0, 0.1) is 0 Å². The quantitative estimate of drug-likeness (QED) is 0.668. The van der Waals surface area contributed by atoms with E-state index in [1.54, 1.807) is 0 Å². The van der Waals surface area contributed by atoms with Crippen LogP contribution < -0.4 is 11.1 Å². The first kappa shape index (κ1) is 16.2. The van der Waals surface area contributed by atoms with Crippen LogP contribution in [0.15, 0.2) is 30.3 Å². The van der Waals surface area contributed by atoms with Gasteiger partial charge in [-0.2, -0.15) is 0 Å². The summed E-state index contributed by atoms with van der Waals surface area (Å²) in [5.74, 6) is -1.20. The Morgan fingerprint density at radius 1 is 1.30 bits per heavy atom. The number of aliphatic carboxylic acids is 1. The van der Waals surface area contributed by atoms with Gasteiger partial charge in [-0.1, -0.05) is 37.3 Å². The summed E-state index contributed by atoms with van der Waals surface area (Å²) >= 11 is 0. The Bertz CT molecular complexity index is 434. The maximum atomic E-state index is 11.9. The summed E-state index contributed by atoms with van der Waals surface area (Å²) in [6.07, 6.45) is 1.77. The molecule has 5 nitrogen and oxygen atoms in total. The Kier molecular flexibility index (Phi) is 6.73. The molecule has 0 saturated heterocycles. The van der Waals surface area contributed by atoms with Crippen LogP contribution >= 0.6 is 0 Å². The van der Waals surface area contributed by atoms with E-state index in [0.29, 0.717) is 12.8 Å². The summed E-state index contributed by atoms with van der Waals surface area (Å²) in [5.41, 5.74) is 6.97. The smallest absolute Gasteiger partial charge is 0.305 e. The Morgan fingerprint density at radius 2 is 1.95 bits per heavy atom. The molecule has 4 N–H and O–H groups in total. The van der Waals surface area contributed by atoms with E-state index in [1.165, 1.54) is 0 Å². The lowest BCUT2D eigenvalue weighted by molar-refractivity contribution is -0.137. The van der Waals surface area contributed by atoms with Gasteiger partial charge in [0.05, 0.1) is 12.5 Å². The minimum atomic E-state index is -0.921. The van der Waals surface area contributed by atoms with Crippen LogP contribution in [-0.2, 0) is 16.0 Å². The first-order valence-electron chi connectivity index (χ1n) is 6.84. The third-order valence-corrected chi connectivity index (χ3v) is 3.18. The Morgan fingerprint density at radius 3 is 2.50 bits per heavy atom. The van der Waals surface area contributed by atoms with Crippen molar-refractivity contribution in [2.45, 2.75) is 44.7 Å². The monoisotopic (exact) mass is 278 g/mol. The summed E-state index contributed by atoms with van der Waals surface area (Å²) in [6, 6.07) is 8.84. The van der Waals surface area contributed by atoms with Crippen molar-refractivity contribution in [2.24, 2.45) is 5.73 Å². The molecule has 110 valence electrons. The maximum absolute atomic E-state index is 11.9. The average molecular weight is 278 g/mol. The minimum Gasteiger partial charge on any atom is -0.481 e. The molecule has 0 saturated carbocycles. The fourth-order valence-corrected chi connectivity index (χ4v) is 1.91. The second-order valence-corrected chi connectivity index (χ2v) is 4.84. The first-order chi connectivity index (χ1) is 9.52. The molecule has 1 rings (SSSR count). The summed E-state index contributed by atoms with van der Waals surface area (Å²) in [4.78, 5) is 22.5. The van der Waals surface area contributed by atoms with Gasteiger partial charge in [0.15, 0.2) is 0 Å². The number of aryl methyl sites for hydroxylation is 1. The zero-order valence-electron chi connectivity index (χ0n) is 11.7. The zero-order chi connectivity index (χ0) is 15.0. The number of nitrogens with two attached hydrogens (primary N) is 1. The molecule has 0 bridgehead atoms. The zero-order valence-corrected chi connectivity index (χ0v) is 11.7. The molecule has 0 heterocycles. The molecule has 20 heavy (non-hydrogen) atoms. The Hall–Kier alpha value is -1.88. The van der Waals surface area contributed by atoms with Crippen LogP contribution in [0.25, 0.3) is 0 Å². The van der Waals surface area contributed by atoms with Crippen molar-refractivity contribution in [2.75, 3.05) is 0 Å². The molecule has 0 aliphatic carbocycles. The van der Waals surface area contributed by atoms with Crippen molar-refractivity contribution in [3.63, 3.8) is 0 Å². The topological polar surface area (TPSA) is 92.4 Å². The molecule has 0 fully saturated rings. The molecule has 5 heteroatoms. The fraction of sp³-hybridized carbons (Fsp3) is 0.467. The second kappa shape index (κ2) is 8.32. The van der Waals surface area contributed by atoms with Gasteiger partial charge in [0.1, 0.15) is 0 Å². The fourth-order valence-electron chi connectivity index (χ4n) is 1.91. The van der Waals surface area contributed by atoms with Gasteiger partial charge >= 0.3 is 5.97 Å². The highest BCUT2D eigenvalue weighted by molar-refractivity contribution is 5.82. The highest BCUT2D eigenvalue weighted by Crippen LogP contribution is 2.05. The molecular weight excluding hydrogens is 256 g/mol. The van der Waals surface area contributed by atoms with Crippen LogP contribution in [0.1, 0.15) is 31.7 Å². The van der Waals surface area contributed by atoms with Crippen LogP contribution in [0.5, 0.6) is 0 Å². The molecule has 0 radical (unpaired) electrons. The SMILES string of the molecule is CCC(CC(=O)O)NC(=O)[C@@H](N)CCc1ccccc1. The average Bonchev–Trinajstić information content (AvgIpc) is 2.44. The van der Waals surface area contributed by atoms with Crippen molar-refractivity contribution < 1.29 is 14.7 Å². The number of nitrogens with one attached hydrogen (secondary N) is 1. The largest absolute Gasteiger partial charge is 0.481 e. The summed E-state index contributed by atoms with van der Waals surface area (Å²) in [5, 5.41) is 11.4. The van der Waals surface area contributed by atoms with Gasteiger partial charge in [0, 0.05) is 6.04 Å². The number of carbonyl (C=O) groups excluding carboxylic acids is 1. The molecule has 1 unspecified atom stereocenters. The normalized spacial score (nSPS) is 13.5. The number of hydrogen-bond acceptors (Lipinski definition) is 3. The lowest BCUT2D eigenvalue weighted by Gasteiger charge is -2.18. The van der Waals surface area contributed by atoms with Gasteiger partial charge in [0.2, 0.25) is 5.91 Å². The van der Waals surface area contributed by atoms with Gasteiger partial charge in [-0.25, -0.2) is 0 Å². The number of carboxylic acids is 1. The number of benzene rings is 1. The molecule has 1 aromatic carbocycles. The Balaban J connectivity index is 2.40. The van der Waals surface area contributed by atoms with Gasteiger partial charge in [0.25, 0.3) is 0 Å². The predicted octanol–water partition coefficient (Wildman–Crippen LogP) is 1.32. The molecule has 1 aromatic rings. The Labute approximate surface area is 119 Å². The lowest BCUT2D eigenvalue weighted by Crippen LogP contribution is -2.46. The van der Waals surface area contributed by atoms with E-state index in [2.05, 4.69) is 5.32 Å². The van der Waals surface area contributed by atoms with Gasteiger partial charge in [-0.05, 0) is 24.8 Å². The molecule has 1 amide bonds. The third kappa shape index (κ3) is 5.84.